The number of aryl methyl sites for hydroxylation is 1. The number of benzene rings is 2. The number of rotatable bonds is 3. The van der Waals surface area contributed by atoms with E-state index < -0.39 is 17.7 Å². The molecule has 0 unspecified atom stereocenters. The Kier molecular flexibility index (Phi) is 4.24. The van der Waals surface area contributed by atoms with E-state index in [9.17, 15) is 13.6 Å². The number of anilines is 2. The summed E-state index contributed by atoms with van der Waals surface area (Å²) >= 11 is 0. The van der Waals surface area contributed by atoms with Crippen molar-refractivity contribution in [1.29, 1.82) is 0 Å². The first-order chi connectivity index (χ1) is 11.5. The number of nitrogens with zero attached hydrogens (tertiary/aromatic N) is 1. The molecule has 24 heavy (non-hydrogen) atoms. The van der Waals surface area contributed by atoms with Gasteiger partial charge in [-0.05, 0) is 42.8 Å². The molecule has 3 rings (SSSR count). The van der Waals surface area contributed by atoms with E-state index in [0.29, 0.717) is 11.8 Å². The predicted molar refractivity (Wildman–Crippen MR) is 87.8 cm³/mol. The SMILES string of the molecule is Cc1ccc(NC(=O)Nc2ccc(F)cc2F)cc1-c1ccn[nH]1. The van der Waals surface area contributed by atoms with Crippen LogP contribution >= 0.6 is 0 Å². The number of amides is 2. The molecule has 7 heteroatoms. The molecule has 0 fully saturated rings. The maximum Gasteiger partial charge on any atom is 0.323 e. The van der Waals surface area contributed by atoms with Gasteiger partial charge >= 0.3 is 6.03 Å². The Balaban J connectivity index is 1.76. The van der Waals surface area contributed by atoms with E-state index in [2.05, 4.69) is 20.8 Å². The number of carbonyl (C=O) groups excluding carboxylic acids is 1. The Morgan fingerprint density at radius 1 is 1.08 bits per heavy atom. The minimum Gasteiger partial charge on any atom is -0.308 e. The Labute approximate surface area is 136 Å². The number of aromatic amines is 1. The first kappa shape index (κ1) is 15.7. The lowest BCUT2D eigenvalue weighted by Crippen LogP contribution is -2.20. The van der Waals surface area contributed by atoms with Crippen molar-refractivity contribution in [2.45, 2.75) is 6.92 Å². The van der Waals surface area contributed by atoms with Gasteiger partial charge in [-0.3, -0.25) is 5.10 Å². The van der Waals surface area contributed by atoms with Crippen molar-refractivity contribution in [2.75, 3.05) is 10.6 Å². The number of hydrogen-bond acceptors (Lipinski definition) is 2. The Morgan fingerprint density at radius 3 is 2.62 bits per heavy atom. The molecule has 5 nitrogen and oxygen atoms in total. The van der Waals surface area contributed by atoms with Crippen molar-refractivity contribution in [3.63, 3.8) is 0 Å². The standard InChI is InChI=1S/C17H14F2N4O/c1-10-2-4-12(9-13(10)15-6-7-20-23-15)21-17(24)22-16-5-3-11(18)8-14(16)19/h2-9H,1H3,(H,20,23)(H2,21,22,24). The van der Waals surface area contributed by atoms with Gasteiger partial charge in [0.1, 0.15) is 11.6 Å². The molecule has 0 aliphatic heterocycles. The summed E-state index contributed by atoms with van der Waals surface area (Å²) in [5, 5.41) is 11.7. The predicted octanol–water partition coefficient (Wildman–Crippen LogP) is 4.31. The van der Waals surface area contributed by atoms with Crippen LogP contribution in [0.2, 0.25) is 0 Å². The zero-order valence-electron chi connectivity index (χ0n) is 12.7. The van der Waals surface area contributed by atoms with Crippen molar-refractivity contribution in [3.05, 3.63) is 65.9 Å². The van der Waals surface area contributed by atoms with Crippen LogP contribution in [-0.2, 0) is 0 Å². The number of carbonyl (C=O) groups is 1. The largest absolute Gasteiger partial charge is 0.323 e. The molecule has 2 amide bonds. The molecule has 0 atom stereocenters. The molecule has 2 aromatic carbocycles. The highest BCUT2D eigenvalue weighted by molar-refractivity contribution is 6.00. The van der Waals surface area contributed by atoms with E-state index in [4.69, 9.17) is 0 Å². The summed E-state index contributed by atoms with van der Waals surface area (Å²) in [5.41, 5.74) is 3.15. The van der Waals surface area contributed by atoms with Gasteiger partial charge in [-0.2, -0.15) is 5.10 Å². The van der Waals surface area contributed by atoms with Crippen LogP contribution in [0.1, 0.15) is 5.56 Å². The molecular weight excluding hydrogens is 314 g/mol. The summed E-state index contributed by atoms with van der Waals surface area (Å²) in [6.07, 6.45) is 1.64. The van der Waals surface area contributed by atoms with E-state index in [-0.39, 0.29) is 5.69 Å². The summed E-state index contributed by atoms with van der Waals surface area (Å²) in [4.78, 5) is 12.0. The number of nitrogens with one attached hydrogen (secondary N) is 3. The first-order valence-electron chi connectivity index (χ1n) is 7.16. The smallest absolute Gasteiger partial charge is 0.308 e. The summed E-state index contributed by atoms with van der Waals surface area (Å²) in [5.74, 6) is -1.55. The molecule has 122 valence electrons. The molecule has 3 N–H and O–H groups in total. The van der Waals surface area contributed by atoms with E-state index in [1.165, 1.54) is 0 Å². The third kappa shape index (κ3) is 3.40. The van der Waals surface area contributed by atoms with Crippen LogP contribution in [0.15, 0.2) is 48.7 Å². The quantitative estimate of drug-likeness (QED) is 0.670. The first-order valence-corrected chi connectivity index (χ1v) is 7.16. The summed E-state index contributed by atoms with van der Waals surface area (Å²) in [6, 6.07) is 9.50. The van der Waals surface area contributed by atoms with Gasteiger partial charge in [-0.25, -0.2) is 13.6 Å². The minimum atomic E-state index is -0.841. The second-order valence-electron chi connectivity index (χ2n) is 5.20. The Bertz CT molecular complexity index is 878. The van der Waals surface area contributed by atoms with Gasteiger partial charge in [0.15, 0.2) is 0 Å². The van der Waals surface area contributed by atoms with Crippen LogP contribution in [0.3, 0.4) is 0 Å². The van der Waals surface area contributed by atoms with Crippen molar-refractivity contribution >= 4 is 17.4 Å². The van der Waals surface area contributed by atoms with E-state index in [0.717, 1.165) is 29.0 Å². The molecular formula is C17H14F2N4O. The van der Waals surface area contributed by atoms with Gasteiger partial charge in [0.05, 0.1) is 11.4 Å². The monoisotopic (exact) mass is 328 g/mol. The average molecular weight is 328 g/mol. The lowest BCUT2D eigenvalue weighted by atomic mass is 10.1. The highest BCUT2D eigenvalue weighted by Crippen LogP contribution is 2.25. The number of H-pyrrole nitrogens is 1. The van der Waals surface area contributed by atoms with Gasteiger partial charge in [0, 0.05) is 23.5 Å². The number of urea groups is 1. The molecule has 0 saturated carbocycles. The lowest BCUT2D eigenvalue weighted by molar-refractivity contribution is 0.262. The summed E-state index contributed by atoms with van der Waals surface area (Å²) in [7, 11) is 0. The van der Waals surface area contributed by atoms with Crippen LogP contribution in [-0.4, -0.2) is 16.2 Å². The van der Waals surface area contributed by atoms with Crippen LogP contribution in [0.5, 0.6) is 0 Å². The maximum absolute atomic E-state index is 13.6. The second kappa shape index (κ2) is 6.49. The molecule has 0 saturated heterocycles. The van der Waals surface area contributed by atoms with Crippen LogP contribution in [0, 0.1) is 18.6 Å². The van der Waals surface area contributed by atoms with Gasteiger partial charge in [0.25, 0.3) is 0 Å². The lowest BCUT2D eigenvalue weighted by Gasteiger charge is -2.11. The van der Waals surface area contributed by atoms with Crippen LogP contribution in [0.25, 0.3) is 11.3 Å². The molecule has 1 heterocycles. The maximum atomic E-state index is 13.6. The minimum absolute atomic E-state index is 0.102. The third-order valence-electron chi connectivity index (χ3n) is 3.47. The van der Waals surface area contributed by atoms with E-state index in [1.54, 1.807) is 18.3 Å². The molecule has 0 aliphatic rings. The van der Waals surface area contributed by atoms with Gasteiger partial charge in [-0.15, -0.1) is 0 Å². The van der Waals surface area contributed by atoms with Crippen molar-refractivity contribution in [1.82, 2.24) is 10.2 Å². The molecule has 3 aromatic rings. The molecule has 1 aromatic heterocycles. The van der Waals surface area contributed by atoms with E-state index in [1.807, 2.05) is 19.1 Å². The molecule has 0 bridgehead atoms. The Hall–Kier alpha value is -3.22. The fraction of sp³-hybridized carbons (Fsp3) is 0.0588. The number of hydrogen-bond donors (Lipinski definition) is 3. The molecule has 0 spiro atoms. The highest BCUT2D eigenvalue weighted by atomic mass is 19.1. The number of halogens is 2. The fourth-order valence-corrected chi connectivity index (χ4v) is 2.27. The fourth-order valence-electron chi connectivity index (χ4n) is 2.27. The topological polar surface area (TPSA) is 69.8 Å². The zero-order chi connectivity index (χ0) is 17.1. The van der Waals surface area contributed by atoms with E-state index >= 15 is 0 Å². The van der Waals surface area contributed by atoms with Gasteiger partial charge in [0.2, 0.25) is 0 Å². The third-order valence-corrected chi connectivity index (χ3v) is 3.47. The summed E-state index contributed by atoms with van der Waals surface area (Å²) in [6.45, 7) is 1.94. The normalized spacial score (nSPS) is 10.5. The van der Waals surface area contributed by atoms with Crippen LogP contribution < -0.4 is 10.6 Å². The number of aromatic nitrogens is 2. The highest BCUT2D eigenvalue weighted by Gasteiger charge is 2.10. The Morgan fingerprint density at radius 2 is 1.92 bits per heavy atom. The molecule has 0 aliphatic carbocycles. The van der Waals surface area contributed by atoms with Gasteiger partial charge in [-0.1, -0.05) is 6.07 Å². The van der Waals surface area contributed by atoms with Crippen LogP contribution in [0.4, 0.5) is 25.0 Å². The van der Waals surface area contributed by atoms with Crippen molar-refractivity contribution in [2.24, 2.45) is 0 Å². The van der Waals surface area contributed by atoms with Gasteiger partial charge < -0.3 is 10.6 Å². The van der Waals surface area contributed by atoms with Crippen molar-refractivity contribution in [3.8, 4) is 11.3 Å². The second-order valence-corrected chi connectivity index (χ2v) is 5.20. The van der Waals surface area contributed by atoms with Crippen molar-refractivity contribution < 1.29 is 13.6 Å². The molecule has 0 radical (unpaired) electrons. The average Bonchev–Trinajstić information content (AvgIpc) is 3.06. The zero-order valence-corrected chi connectivity index (χ0v) is 12.7. The summed E-state index contributed by atoms with van der Waals surface area (Å²) < 4.78 is 26.4.